The number of hydrogen-bond donors (Lipinski definition) is 2. The van der Waals surface area contributed by atoms with Crippen molar-refractivity contribution >= 4 is 11.9 Å². The van der Waals surface area contributed by atoms with E-state index in [2.05, 4.69) is 5.16 Å². The smallest absolute Gasteiger partial charge is 0.308 e. The molecule has 1 aromatic rings. The Morgan fingerprint density at radius 1 is 1.69 bits per heavy atom. The van der Waals surface area contributed by atoms with E-state index in [0.717, 1.165) is 18.5 Å². The molecule has 1 heterocycles. The highest BCUT2D eigenvalue weighted by atomic mass is 16.5. The van der Waals surface area contributed by atoms with Crippen molar-refractivity contribution in [3.05, 3.63) is 11.3 Å². The van der Waals surface area contributed by atoms with Crippen LogP contribution < -0.4 is 5.73 Å². The van der Waals surface area contributed by atoms with E-state index in [4.69, 9.17) is 15.4 Å². The molecule has 1 aliphatic carbocycles. The van der Waals surface area contributed by atoms with Gasteiger partial charge < -0.3 is 15.4 Å². The van der Waals surface area contributed by atoms with Gasteiger partial charge in [0.2, 0.25) is 5.88 Å². The van der Waals surface area contributed by atoms with Gasteiger partial charge in [-0.05, 0) is 12.8 Å². The molecule has 0 aliphatic heterocycles. The van der Waals surface area contributed by atoms with Crippen LogP contribution in [0.3, 0.4) is 0 Å². The Bertz CT molecular complexity index is 341. The lowest BCUT2D eigenvalue weighted by Crippen LogP contribution is -2.03. The summed E-state index contributed by atoms with van der Waals surface area (Å²) in [6.45, 7) is 0. The Balaban J connectivity index is 2.28. The van der Waals surface area contributed by atoms with Crippen LogP contribution in [0, 0.1) is 0 Å². The number of anilines is 1. The number of hydrogen-bond acceptors (Lipinski definition) is 4. The number of carboxylic acid groups (broad SMARTS) is 1. The lowest BCUT2D eigenvalue weighted by Gasteiger charge is -1.95. The van der Waals surface area contributed by atoms with Gasteiger partial charge in [-0.3, -0.25) is 4.79 Å². The second-order valence-corrected chi connectivity index (χ2v) is 3.26. The fraction of sp³-hybridized carbons (Fsp3) is 0.500. The van der Waals surface area contributed by atoms with E-state index in [1.54, 1.807) is 0 Å². The van der Waals surface area contributed by atoms with E-state index in [1.165, 1.54) is 0 Å². The van der Waals surface area contributed by atoms with E-state index >= 15 is 0 Å². The number of nitrogens with two attached hydrogens (primary N) is 1. The van der Waals surface area contributed by atoms with Gasteiger partial charge in [-0.1, -0.05) is 5.16 Å². The Labute approximate surface area is 74.5 Å². The van der Waals surface area contributed by atoms with Gasteiger partial charge in [-0.25, -0.2) is 0 Å². The Kier molecular flexibility index (Phi) is 1.72. The minimum Gasteiger partial charge on any atom is -0.481 e. The average Bonchev–Trinajstić information content (AvgIpc) is 2.81. The van der Waals surface area contributed by atoms with E-state index in [9.17, 15) is 4.79 Å². The van der Waals surface area contributed by atoms with Gasteiger partial charge in [0.25, 0.3) is 0 Å². The predicted octanol–water partition coefficient (Wildman–Crippen LogP) is 0.761. The molecule has 13 heavy (non-hydrogen) atoms. The highest BCUT2D eigenvalue weighted by molar-refractivity contribution is 5.72. The highest BCUT2D eigenvalue weighted by Gasteiger charge is 2.31. The van der Waals surface area contributed by atoms with Crippen LogP contribution in [0.4, 0.5) is 5.88 Å². The SMILES string of the molecule is Nc1onc(C2CC2)c1CC(=O)O. The molecule has 0 radical (unpaired) electrons. The average molecular weight is 182 g/mol. The van der Waals surface area contributed by atoms with Crippen LogP contribution in [-0.2, 0) is 11.2 Å². The van der Waals surface area contributed by atoms with Gasteiger partial charge >= 0.3 is 5.97 Å². The van der Waals surface area contributed by atoms with E-state index in [1.807, 2.05) is 0 Å². The third-order valence-electron chi connectivity index (χ3n) is 2.14. The van der Waals surface area contributed by atoms with Gasteiger partial charge in [-0.2, -0.15) is 0 Å². The normalized spacial score (nSPS) is 16.0. The van der Waals surface area contributed by atoms with Gasteiger partial charge in [0.05, 0.1) is 17.7 Å². The molecule has 1 aliphatic rings. The van der Waals surface area contributed by atoms with Crippen molar-refractivity contribution in [2.75, 3.05) is 5.73 Å². The number of nitrogen functional groups attached to an aromatic ring is 1. The summed E-state index contributed by atoms with van der Waals surface area (Å²) >= 11 is 0. The zero-order valence-electron chi connectivity index (χ0n) is 6.99. The summed E-state index contributed by atoms with van der Waals surface area (Å²) in [5.74, 6) is -0.392. The number of aliphatic carboxylic acids is 1. The molecule has 0 aromatic carbocycles. The van der Waals surface area contributed by atoms with Crippen molar-refractivity contribution in [3.8, 4) is 0 Å². The van der Waals surface area contributed by atoms with Crippen LogP contribution in [-0.4, -0.2) is 16.2 Å². The first-order chi connectivity index (χ1) is 6.18. The van der Waals surface area contributed by atoms with Crippen LogP contribution in [0.25, 0.3) is 0 Å². The number of rotatable bonds is 3. The third kappa shape index (κ3) is 1.49. The largest absolute Gasteiger partial charge is 0.481 e. The number of carbonyl (C=O) groups is 1. The number of carboxylic acids is 1. The summed E-state index contributed by atoms with van der Waals surface area (Å²) in [5.41, 5.74) is 6.75. The Morgan fingerprint density at radius 2 is 2.38 bits per heavy atom. The molecule has 0 atom stereocenters. The molecule has 2 rings (SSSR count). The van der Waals surface area contributed by atoms with Crippen molar-refractivity contribution in [1.29, 1.82) is 0 Å². The topological polar surface area (TPSA) is 89.4 Å². The summed E-state index contributed by atoms with van der Waals surface area (Å²) in [7, 11) is 0. The molecule has 0 amide bonds. The summed E-state index contributed by atoms with van der Waals surface area (Å²) in [6.07, 6.45) is 2.01. The molecule has 3 N–H and O–H groups in total. The zero-order chi connectivity index (χ0) is 9.42. The monoisotopic (exact) mass is 182 g/mol. The molecular weight excluding hydrogens is 172 g/mol. The fourth-order valence-electron chi connectivity index (χ4n) is 1.34. The first-order valence-electron chi connectivity index (χ1n) is 4.14. The van der Waals surface area contributed by atoms with Gasteiger partial charge in [0, 0.05) is 5.92 Å². The van der Waals surface area contributed by atoms with Crippen molar-refractivity contribution in [2.24, 2.45) is 0 Å². The fourth-order valence-corrected chi connectivity index (χ4v) is 1.34. The van der Waals surface area contributed by atoms with Crippen molar-refractivity contribution < 1.29 is 14.4 Å². The molecule has 1 aromatic heterocycles. The highest BCUT2D eigenvalue weighted by Crippen LogP contribution is 2.42. The van der Waals surface area contributed by atoms with E-state index < -0.39 is 5.97 Å². The number of aromatic nitrogens is 1. The molecule has 0 bridgehead atoms. The van der Waals surface area contributed by atoms with Gasteiger partial charge in [0.1, 0.15) is 0 Å². The summed E-state index contributed by atoms with van der Waals surface area (Å²) in [4.78, 5) is 10.5. The van der Waals surface area contributed by atoms with Crippen molar-refractivity contribution in [1.82, 2.24) is 5.16 Å². The first-order valence-corrected chi connectivity index (χ1v) is 4.14. The maximum atomic E-state index is 10.5. The van der Waals surface area contributed by atoms with E-state index in [-0.39, 0.29) is 12.3 Å². The first kappa shape index (κ1) is 8.10. The second kappa shape index (κ2) is 2.76. The summed E-state index contributed by atoms with van der Waals surface area (Å²) < 4.78 is 4.76. The molecule has 1 fully saturated rings. The quantitative estimate of drug-likeness (QED) is 0.720. The molecule has 0 unspecified atom stereocenters. The Morgan fingerprint density at radius 3 is 2.92 bits per heavy atom. The molecular formula is C8H10N2O3. The van der Waals surface area contributed by atoms with Crippen LogP contribution in [0.2, 0.25) is 0 Å². The lowest BCUT2D eigenvalue weighted by atomic mass is 10.1. The zero-order valence-corrected chi connectivity index (χ0v) is 6.99. The van der Waals surface area contributed by atoms with Crippen LogP contribution >= 0.6 is 0 Å². The van der Waals surface area contributed by atoms with Crippen LogP contribution in [0.5, 0.6) is 0 Å². The second-order valence-electron chi connectivity index (χ2n) is 3.26. The van der Waals surface area contributed by atoms with Crippen LogP contribution in [0.1, 0.15) is 30.0 Å². The minimum atomic E-state index is -0.906. The lowest BCUT2D eigenvalue weighted by molar-refractivity contribution is -0.136. The predicted molar refractivity (Wildman–Crippen MR) is 44.2 cm³/mol. The molecule has 0 spiro atoms. The standard InChI is InChI=1S/C8H10N2O3/c9-8-5(3-6(11)12)7(10-13-8)4-1-2-4/h4H,1-3,9H2,(H,11,12). The molecule has 1 saturated carbocycles. The maximum Gasteiger partial charge on any atom is 0.308 e. The summed E-state index contributed by atoms with van der Waals surface area (Å²) in [5, 5.41) is 12.4. The molecule has 5 nitrogen and oxygen atoms in total. The molecule has 5 heteroatoms. The van der Waals surface area contributed by atoms with Crippen LogP contribution in [0.15, 0.2) is 4.52 Å². The van der Waals surface area contributed by atoms with Gasteiger partial charge in [0.15, 0.2) is 0 Å². The summed E-state index contributed by atoms with van der Waals surface area (Å²) in [6, 6.07) is 0. The molecule has 0 saturated heterocycles. The minimum absolute atomic E-state index is 0.0961. The molecule has 70 valence electrons. The maximum absolute atomic E-state index is 10.5. The van der Waals surface area contributed by atoms with Crippen molar-refractivity contribution in [3.63, 3.8) is 0 Å². The van der Waals surface area contributed by atoms with E-state index in [0.29, 0.717) is 11.5 Å². The van der Waals surface area contributed by atoms with Gasteiger partial charge in [-0.15, -0.1) is 0 Å². The number of nitrogens with zero attached hydrogens (tertiary/aromatic N) is 1. The van der Waals surface area contributed by atoms with Crippen molar-refractivity contribution in [2.45, 2.75) is 25.2 Å². The Hall–Kier alpha value is -1.52. The third-order valence-corrected chi connectivity index (χ3v) is 2.14.